The molecule has 1 unspecified atom stereocenters. The van der Waals surface area contributed by atoms with Crippen molar-refractivity contribution in [2.75, 3.05) is 0 Å². The van der Waals surface area contributed by atoms with E-state index in [0.717, 1.165) is 52.7 Å². The van der Waals surface area contributed by atoms with E-state index in [1.54, 1.807) is 0 Å². The molecular formula is C48H40NO2P. The summed E-state index contributed by atoms with van der Waals surface area (Å²) in [6, 6.07) is 49.2. The van der Waals surface area contributed by atoms with Crippen molar-refractivity contribution in [2.24, 2.45) is 0 Å². The molecule has 0 N–H and O–H groups in total. The number of aromatic nitrogens is 1. The first-order valence-electron chi connectivity index (χ1n) is 18.8. The minimum absolute atomic E-state index is 0.862. The molecule has 7 aromatic carbocycles. The largest absolute Gasteiger partial charge is 0.456 e. The summed E-state index contributed by atoms with van der Waals surface area (Å²) >= 11 is 0. The van der Waals surface area contributed by atoms with Crippen LogP contribution in [0.15, 0.2) is 133 Å². The van der Waals surface area contributed by atoms with Crippen LogP contribution in [0, 0.1) is 0 Å². The first-order valence-corrected chi connectivity index (χ1v) is 20.1. The lowest BCUT2D eigenvalue weighted by atomic mass is 10.0. The Balaban J connectivity index is 1.08. The Morgan fingerprint density at radius 3 is 1.83 bits per heavy atom. The Bertz CT molecular complexity index is 2590. The predicted molar refractivity (Wildman–Crippen MR) is 220 cm³/mol. The van der Waals surface area contributed by atoms with Gasteiger partial charge < -0.3 is 14.0 Å². The molecular weight excluding hydrogens is 654 g/mol. The van der Waals surface area contributed by atoms with Crippen molar-refractivity contribution in [3.05, 3.63) is 145 Å². The molecule has 8 aromatic rings. The second-order valence-corrected chi connectivity index (χ2v) is 16.3. The monoisotopic (exact) mass is 693 g/mol. The zero-order chi connectivity index (χ0) is 34.8. The molecule has 0 spiro atoms. The molecule has 0 aliphatic carbocycles. The van der Waals surface area contributed by atoms with Crippen LogP contribution in [0.4, 0.5) is 0 Å². The van der Waals surface area contributed by atoms with Crippen LogP contribution >= 0.6 is 7.92 Å². The molecule has 2 aliphatic rings. The molecule has 1 atom stereocenters. The van der Waals surface area contributed by atoms with Crippen molar-refractivity contribution in [3.8, 4) is 39.8 Å². The van der Waals surface area contributed by atoms with Gasteiger partial charge in [0, 0.05) is 35.0 Å². The van der Waals surface area contributed by atoms with Gasteiger partial charge in [0.15, 0.2) is 0 Å². The molecule has 0 saturated heterocycles. The number of benzene rings is 7. The van der Waals surface area contributed by atoms with Crippen LogP contribution in [-0.2, 0) is 12.8 Å². The molecule has 0 radical (unpaired) electrons. The van der Waals surface area contributed by atoms with Crippen LogP contribution in [0.1, 0.15) is 50.7 Å². The van der Waals surface area contributed by atoms with Crippen molar-refractivity contribution in [1.29, 1.82) is 0 Å². The maximum Gasteiger partial charge on any atom is 0.140 e. The standard InChI is InChI=1S/C48H40NO2P/c1-3-5-11-31-17-24-40-38(27-31)39-28-32(12-6-4-2)18-25-41(39)49(40)36-22-19-33(20-23-36)35-29-44-48-45(30-35)51-43-26-21-34-13-7-8-14-37(34)47(43)52(48)46-16-10-9-15-42(46)50-44/h7-10,13-30H,3-6,11-12H2,1-2H3. The van der Waals surface area contributed by atoms with Crippen molar-refractivity contribution >= 4 is 56.4 Å². The number of hydrogen-bond donors (Lipinski definition) is 0. The van der Waals surface area contributed by atoms with Crippen LogP contribution in [0.5, 0.6) is 23.0 Å². The summed E-state index contributed by atoms with van der Waals surface area (Å²) in [5.41, 5.74) is 8.74. The van der Waals surface area contributed by atoms with E-state index in [9.17, 15) is 0 Å². The molecule has 10 rings (SSSR count). The quantitative estimate of drug-likeness (QED) is 0.148. The lowest BCUT2D eigenvalue weighted by Gasteiger charge is -2.35. The molecule has 52 heavy (non-hydrogen) atoms. The normalized spacial score (nSPS) is 14.2. The molecule has 3 heterocycles. The number of para-hydroxylation sites is 1. The number of fused-ring (bicyclic) bond motifs is 9. The molecule has 1 aromatic heterocycles. The fourth-order valence-corrected chi connectivity index (χ4v) is 11.0. The number of unbranched alkanes of at least 4 members (excludes halogenated alkanes) is 2. The second-order valence-electron chi connectivity index (χ2n) is 14.3. The predicted octanol–water partition coefficient (Wildman–Crippen LogP) is 12.3. The summed E-state index contributed by atoms with van der Waals surface area (Å²) in [7, 11) is -0.862. The third-order valence-electron chi connectivity index (χ3n) is 10.9. The highest BCUT2D eigenvalue weighted by molar-refractivity contribution is 7.81. The highest BCUT2D eigenvalue weighted by Crippen LogP contribution is 2.54. The Labute approximate surface area is 306 Å². The van der Waals surface area contributed by atoms with Gasteiger partial charge in [-0.25, -0.2) is 0 Å². The summed E-state index contributed by atoms with van der Waals surface area (Å²) in [4.78, 5) is 0. The van der Waals surface area contributed by atoms with Gasteiger partial charge in [0.25, 0.3) is 0 Å². The first kappa shape index (κ1) is 31.4. The fourth-order valence-electron chi connectivity index (χ4n) is 8.26. The van der Waals surface area contributed by atoms with Gasteiger partial charge in [-0.3, -0.25) is 0 Å². The summed E-state index contributed by atoms with van der Waals surface area (Å²) in [6.45, 7) is 4.54. The minimum Gasteiger partial charge on any atom is -0.456 e. The highest BCUT2D eigenvalue weighted by atomic mass is 31.1. The summed E-state index contributed by atoms with van der Waals surface area (Å²) in [5.74, 6) is 3.65. The fraction of sp³-hybridized carbons (Fsp3) is 0.167. The van der Waals surface area contributed by atoms with Gasteiger partial charge in [0.05, 0.1) is 16.3 Å². The molecule has 0 amide bonds. The number of rotatable bonds is 8. The van der Waals surface area contributed by atoms with Gasteiger partial charge in [-0.05, 0) is 119 Å². The lowest BCUT2D eigenvalue weighted by Crippen LogP contribution is -2.32. The molecule has 0 fully saturated rings. The summed E-state index contributed by atoms with van der Waals surface area (Å²) in [6.07, 6.45) is 7.08. The van der Waals surface area contributed by atoms with E-state index < -0.39 is 7.92 Å². The summed E-state index contributed by atoms with van der Waals surface area (Å²) in [5, 5.41) is 8.85. The highest BCUT2D eigenvalue weighted by Gasteiger charge is 2.38. The molecule has 0 bridgehead atoms. The van der Waals surface area contributed by atoms with E-state index in [0.29, 0.717) is 0 Å². The van der Waals surface area contributed by atoms with Crippen molar-refractivity contribution in [1.82, 2.24) is 4.57 Å². The van der Waals surface area contributed by atoms with Gasteiger partial charge in [0.2, 0.25) is 0 Å². The van der Waals surface area contributed by atoms with Crippen LogP contribution < -0.4 is 25.4 Å². The van der Waals surface area contributed by atoms with Gasteiger partial charge in [-0.1, -0.05) is 99.5 Å². The van der Waals surface area contributed by atoms with E-state index in [2.05, 4.69) is 152 Å². The Morgan fingerprint density at radius 1 is 0.500 bits per heavy atom. The van der Waals surface area contributed by atoms with Crippen LogP contribution in [0.3, 0.4) is 0 Å². The zero-order valence-electron chi connectivity index (χ0n) is 29.7. The number of aryl methyl sites for hydroxylation is 2. The third-order valence-corrected chi connectivity index (χ3v) is 13.5. The maximum absolute atomic E-state index is 6.79. The van der Waals surface area contributed by atoms with Gasteiger partial charge >= 0.3 is 0 Å². The Hall–Kier alpha value is -5.37. The van der Waals surface area contributed by atoms with E-state index in [4.69, 9.17) is 9.47 Å². The zero-order valence-corrected chi connectivity index (χ0v) is 30.5. The average Bonchev–Trinajstić information content (AvgIpc) is 3.51. The smallest absolute Gasteiger partial charge is 0.140 e. The van der Waals surface area contributed by atoms with E-state index in [1.165, 1.54) is 85.3 Å². The van der Waals surface area contributed by atoms with Crippen LogP contribution in [0.2, 0.25) is 0 Å². The van der Waals surface area contributed by atoms with Crippen molar-refractivity contribution in [2.45, 2.75) is 52.4 Å². The van der Waals surface area contributed by atoms with Crippen molar-refractivity contribution < 1.29 is 9.47 Å². The number of ether oxygens (including phenoxy) is 2. The number of nitrogens with zero attached hydrogens (tertiary/aromatic N) is 1. The second kappa shape index (κ2) is 12.7. The third kappa shape index (κ3) is 5.06. The molecule has 4 heteroatoms. The lowest BCUT2D eigenvalue weighted by molar-refractivity contribution is 0.467. The Morgan fingerprint density at radius 2 is 1.13 bits per heavy atom. The van der Waals surface area contributed by atoms with E-state index in [-0.39, 0.29) is 0 Å². The Kier molecular flexibility index (Phi) is 7.66. The molecule has 2 aliphatic heterocycles. The van der Waals surface area contributed by atoms with Gasteiger partial charge in [0.1, 0.15) is 23.0 Å². The van der Waals surface area contributed by atoms with Crippen LogP contribution in [0.25, 0.3) is 49.4 Å². The van der Waals surface area contributed by atoms with E-state index in [1.807, 2.05) is 0 Å². The maximum atomic E-state index is 6.79. The topological polar surface area (TPSA) is 23.4 Å². The minimum atomic E-state index is -0.862. The molecule has 0 saturated carbocycles. The summed E-state index contributed by atoms with van der Waals surface area (Å²) < 4.78 is 15.9. The number of hydrogen-bond acceptors (Lipinski definition) is 2. The molecule has 254 valence electrons. The molecule has 3 nitrogen and oxygen atoms in total. The van der Waals surface area contributed by atoms with Crippen LogP contribution in [-0.4, -0.2) is 4.57 Å². The average molecular weight is 694 g/mol. The van der Waals surface area contributed by atoms with Gasteiger partial charge in [-0.2, -0.15) is 0 Å². The first-order chi connectivity index (χ1) is 25.7. The van der Waals surface area contributed by atoms with Gasteiger partial charge in [-0.15, -0.1) is 0 Å². The van der Waals surface area contributed by atoms with Crippen molar-refractivity contribution in [3.63, 3.8) is 0 Å². The SMILES string of the molecule is CCCCc1ccc2c(c1)c1cc(CCCC)ccc1n2-c1ccc(-c2cc3c4c(c2)Oc2ccc5ccccc5c2P4c2ccccc2O3)cc1. The van der Waals surface area contributed by atoms with E-state index >= 15 is 0 Å².